The molecule has 1 heterocycles. The molecule has 0 aliphatic rings. The summed E-state index contributed by atoms with van der Waals surface area (Å²) in [7, 11) is 6.26. The summed E-state index contributed by atoms with van der Waals surface area (Å²) in [5.41, 5.74) is 3.17. The largest absolute Gasteiger partial charge is 0.493 e. The van der Waals surface area contributed by atoms with Crippen molar-refractivity contribution in [1.82, 2.24) is 4.98 Å². The molecule has 7 nitrogen and oxygen atoms in total. The van der Waals surface area contributed by atoms with Crippen LogP contribution >= 0.6 is 0 Å². The van der Waals surface area contributed by atoms with E-state index in [1.807, 2.05) is 18.2 Å². The van der Waals surface area contributed by atoms with Crippen LogP contribution in [0.2, 0.25) is 0 Å². The van der Waals surface area contributed by atoms with Gasteiger partial charge in [-0.2, -0.15) is 0 Å². The van der Waals surface area contributed by atoms with E-state index >= 15 is 0 Å². The highest BCUT2D eigenvalue weighted by atomic mass is 16.5. The Hall–Kier alpha value is -3.29. The summed E-state index contributed by atoms with van der Waals surface area (Å²) in [6.07, 6.45) is 2.73. The Morgan fingerprint density at radius 1 is 0.625 bits per heavy atom. The number of ether oxygens (including phenoxy) is 4. The molecule has 0 bridgehead atoms. The number of rotatable bonds is 10. The first-order valence-corrected chi connectivity index (χ1v) is 10.2. The summed E-state index contributed by atoms with van der Waals surface area (Å²) in [5, 5.41) is 21.4. The summed E-state index contributed by atoms with van der Waals surface area (Å²) in [6.45, 7) is 0. The molecule has 0 amide bonds. The first kappa shape index (κ1) is 23.4. The van der Waals surface area contributed by atoms with E-state index in [1.165, 1.54) is 0 Å². The van der Waals surface area contributed by atoms with Gasteiger partial charge in [-0.15, -0.1) is 0 Å². The van der Waals surface area contributed by atoms with Gasteiger partial charge in [0.2, 0.25) is 0 Å². The highest BCUT2D eigenvalue weighted by Crippen LogP contribution is 2.32. The lowest BCUT2D eigenvalue weighted by molar-refractivity contribution is 0.176. The molecular weight excluding hydrogens is 410 g/mol. The monoisotopic (exact) mass is 439 g/mol. The molecule has 3 aromatic rings. The van der Waals surface area contributed by atoms with Crippen LogP contribution < -0.4 is 18.9 Å². The third-order valence-electron chi connectivity index (χ3n) is 5.29. The van der Waals surface area contributed by atoms with Gasteiger partial charge in [0.05, 0.1) is 40.6 Å². The lowest BCUT2D eigenvalue weighted by atomic mass is 9.98. The Morgan fingerprint density at radius 2 is 1.03 bits per heavy atom. The van der Waals surface area contributed by atoms with Crippen LogP contribution in [-0.2, 0) is 12.8 Å². The molecule has 2 aromatic carbocycles. The highest BCUT2D eigenvalue weighted by Gasteiger charge is 2.15. The van der Waals surface area contributed by atoms with E-state index in [0.29, 0.717) is 35.8 Å². The summed E-state index contributed by atoms with van der Waals surface area (Å²) < 4.78 is 21.1. The van der Waals surface area contributed by atoms with Gasteiger partial charge in [0.15, 0.2) is 23.0 Å². The molecule has 0 saturated heterocycles. The van der Waals surface area contributed by atoms with Crippen LogP contribution in [0.25, 0.3) is 0 Å². The second-order valence-corrected chi connectivity index (χ2v) is 7.37. The van der Waals surface area contributed by atoms with Crippen molar-refractivity contribution in [2.24, 2.45) is 0 Å². The van der Waals surface area contributed by atoms with E-state index in [4.69, 9.17) is 18.9 Å². The maximum atomic E-state index is 10.7. The molecule has 0 aliphatic carbocycles. The van der Waals surface area contributed by atoms with Crippen molar-refractivity contribution in [2.45, 2.75) is 25.0 Å². The molecule has 0 saturated carbocycles. The summed E-state index contributed by atoms with van der Waals surface area (Å²) in [4.78, 5) is 4.29. The lowest BCUT2D eigenvalue weighted by Crippen LogP contribution is -2.06. The van der Waals surface area contributed by atoms with Crippen molar-refractivity contribution >= 4 is 0 Å². The number of benzene rings is 2. The standard InChI is InChI=1S/C25H29NO6/c1-29-22-7-5-18(12-24(22)31-3)20(27)10-16-9-17(15-26-14-16)11-21(28)19-6-8-23(30-2)25(13-19)32-4/h5-9,12-15,20-21,27-28H,10-11H2,1-4H3/t20-,21-/m1/s1. The topological polar surface area (TPSA) is 90.3 Å². The maximum absolute atomic E-state index is 10.7. The van der Waals surface area contributed by atoms with Gasteiger partial charge in [-0.3, -0.25) is 4.98 Å². The fourth-order valence-corrected chi connectivity index (χ4v) is 3.57. The molecule has 0 unspecified atom stereocenters. The molecule has 32 heavy (non-hydrogen) atoms. The van der Waals surface area contributed by atoms with E-state index in [-0.39, 0.29) is 0 Å². The Balaban J connectivity index is 1.71. The van der Waals surface area contributed by atoms with E-state index < -0.39 is 12.2 Å². The summed E-state index contributed by atoms with van der Waals surface area (Å²) in [5.74, 6) is 2.34. The smallest absolute Gasteiger partial charge is 0.161 e. The van der Waals surface area contributed by atoms with Crippen LogP contribution in [0.4, 0.5) is 0 Å². The number of hydrogen-bond acceptors (Lipinski definition) is 7. The van der Waals surface area contributed by atoms with E-state index in [9.17, 15) is 10.2 Å². The molecule has 0 spiro atoms. The van der Waals surface area contributed by atoms with Crippen molar-refractivity contribution in [1.29, 1.82) is 0 Å². The first-order chi connectivity index (χ1) is 15.5. The highest BCUT2D eigenvalue weighted by molar-refractivity contribution is 5.44. The predicted molar refractivity (Wildman–Crippen MR) is 121 cm³/mol. The Morgan fingerprint density at radius 3 is 1.41 bits per heavy atom. The van der Waals surface area contributed by atoms with Crippen LogP contribution in [0.1, 0.15) is 34.5 Å². The van der Waals surface area contributed by atoms with E-state index in [1.54, 1.807) is 65.1 Å². The number of aromatic nitrogens is 1. The van der Waals surface area contributed by atoms with Gasteiger partial charge in [0.1, 0.15) is 0 Å². The summed E-state index contributed by atoms with van der Waals surface area (Å²) >= 11 is 0. The number of hydrogen-bond donors (Lipinski definition) is 2. The number of nitrogens with zero attached hydrogens (tertiary/aromatic N) is 1. The summed E-state index contributed by atoms with van der Waals surface area (Å²) in [6, 6.07) is 12.6. The maximum Gasteiger partial charge on any atom is 0.161 e. The molecule has 2 N–H and O–H groups in total. The van der Waals surface area contributed by atoms with Crippen molar-refractivity contribution < 1.29 is 29.2 Å². The molecule has 2 atom stereocenters. The second-order valence-electron chi connectivity index (χ2n) is 7.37. The zero-order valence-electron chi connectivity index (χ0n) is 18.7. The first-order valence-electron chi connectivity index (χ1n) is 10.2. The molecule has 170 valence electrons. The number of aliphatic hydroxyl groups is 2. The van der Waals surface area contributed by atoms with Gasteiger partial charge in [0, 0.05) is 25.2 Å². The van der Waals surface area contributed by atoms with Crippen molar-refractivity contribution in [3.05, 3.63) is 77.1 Å². The quantitative estimate of drug-likeness (QED) is 0.498. The minimum atomic E-state index is -0.734. The Labute approximate surface area is 188 Å². The van der Waals surface area contributed by atoms with Crippen molar-refractivity contribution in [3.63, 3.8) is 0 Å². The molecule has 0 radical (unpaired) electrons. The fraction of sp³-hybridized carbons (Fsp3) is 0.320. The SMILES string of the molecule is COc1ccc([C@H](O)Cc2cncc(C[C@@H](O)c3ccc(OC)c(OC)c3)c2)cc1OC. The van der Waals surface area contributed by atoms with Gasteiger partial charge in [-0.25, -0.2) is 0 Å². The van der Waals surface area contributed by atoms with E-state index in [2.05, 4.69) is 4.98 Å². The van der Waals surface area contributed by atoms with Crippen molar-refractivity contribution in [3.8, 4) is 23.0 Å². The third-order valence-corrected chi connectivity index (χ3v) is 5.29. The number of pyridine rings is 1. The number of methoxy groups -OCH3 is 4. The van der Waals surface area contributed by atoms with Gasteiger partial charge >= 0.3 is 0 Å². The van der Waals surface area contributed by atoms with Crippen LogP contribution in [0.3, 0.4) is 0 Å². The van der Waals surface area contributed by atoms with Crippen LogP contribution in [-0.4, -0.2) is 43.6 Å². The average Bonchev–Trinajstić information content (AvgIpc) is 2.83. The zero-order valence-corrected chi connectivity index (χ0v) is 18.7. The third kappa shape index (κ3) is 5.49. The molecule has 3 rings (SSSR count). The van der Waals surface area contributed by atoms with Crippen molar-refractivity contribution in [2.75, 3.05) is 28.4 Å². The van der Waals surface area contributed by atoms with Gasteiger partial charge < -0.3 is 29.2 Å². The second kappa shape index (κ2) is 10.8. The van der Waals surface area contributed by atoms with Crippen LogP contribution in [0.15, 0.2) is 54.9 Å². The van der Waals surface area contributed by atoms with Crippen LogP contribution in [0, 0.1) is 0 Å². The minimum absolute atomic E-state index is 0.378. The lowest BCUT2D eigenvalue weighted by Gasteiger charge is -2.16. The molecular formula is C25H29NO6. The molecule has 0 aliphatic heterocycles. The number of aliphatic hydroxyl groups excluding tert-OH is 2. The van der Waals surface area contributed by atoms with Gasteiger partial charge in [-0.05, 0) is 46.5 Å². The Bertz CT molecular complexity index is 960. The predicted octanol–water partition coefficient (Wildman–Crippen LogP) is 3.67. The molecule has 1 aromatic heterocycles. The molecule has 0 fully saturated rings. The average molecular weight is 440 g/mol. The zero-order chi connectivity index (χ0) is 23.1. The normalized spacial score (nSPS) is 12.7. The van der Waals surface area contributed by atoms with E-state index in [0.717, 1.165) is 22.3 Å². The van der Waals surface area contributed by atoms with Crippen LogP contribution in [0.5, 0.6) is 23.0 Å². The Kier molecular flexibility index (Phi) is 7.92. The molecule has 7 heteroatoms. The minimum Gasteiger partial charge on any atom is -0.493 e. The van der Waals surface area contributed by atoms with Gasteiger partial charge in [-0.1, -0.05) is 18.2 Å². The fourth-order valence-electron chi connectivity index (χ4n) is 3.57. The van der Waals surface area contributed by atoms with Gasteiger partial charge in [0.25, 0.3) is 0 Å².